The molecule has 1 fully saturated rings. The maximum atomic E-state index is 13.3. The van der Waals surface area contributed by atoms with Gasteiger partial charge in [-0.25, -0.2) is 4.39 Å². The number of nitrogens with one attached hydrogen (secondary N) is 1. The molecule has 0 aliphatic heterocycles. The molecule has 0 amide bonds. The first-order valence-electron chi connectivity index (χ1n) is 6.91. The molecule has 0 radical (unpaired) electrons. The van der Waals surface area contributed by atoms with Crippen LogP contribution in [-0.2, 0) is 6.54 Å². The average molecular weight is 314 g/mol. The lowest BCUT2D eigenvalue weighted by atomic mass is 10.0. The predicted molar refractivity (Wildman–Crippen MR) is 77.0 cm³/mol. The highest BCUT2D eigenvalue weighted by Gasteiger charge is 2.13. The van der Waals surface area contributed by atoms with E-state index in [0.717, 1.165) is 24.6 Å². The van der Waals surface area contributed by atoms with Crippen molar-refractivity contribution in [2.45, 2.75) is 45.1 Å². The molecule has 0 atom stereocenters. The lowest BCUT2D eigenvalue weighted by molar-refractivity contribution is 0.470. The van der Waals surface area contributed by atoms with Crippen molar-refractivity contribution in [1.82, 2.24) is 5.32 Å². The lowest BCUT2D eigenvalue weighted by Gasteiger charge is -2.10. The van der Waals surface area contributed by atoms with Crippen LogP contribution in [0.1, 0.15) is 44.1 Å². The van der Waals surface area contributed by atoms with E-state index in [9.17, 15) is 4.39 Å². The summed E-state index contributed by atoms with van der Waals surface area (Å²) in [6, 6.07) is 5.19. The van der Waals surface area contributed by atoms with Gasteiger partial charge in [-0.1, -0.05) is 37.8 Å². The molecule has 1 aliphatic rings. The Morgan fingerprint density at radius 1 is 1.28 bits per heavy atom. The molecular weight excluding hydrogens is 293 g/mol. The minimum Gasteiger partial charge on any atom is -0.313 e. The van der Waals surface area contributed by atoms with Crippen molar-refractivity contribution in [3.63, 3.8) is 0 Å². The molecule has 18 heavy (non-hydrogen) atoms. The normalized spacial score (nSPS) is 16.3. The van der Waals surface area contributed by atoms with E-state index in [4.69, 9.17) is 0 Å². The summed E-state index contributed by atoms with van der Waals surface area (Å²) in [5.74, 6) is 0.785. The van der Waals surface area contributed by atoms with Gasteiger partial charge in [-0.05, 0) is 52.9 Å². The third kappa shape index (κ3) is 4.06. The van der Waals surface area contributed by atoms with Gasteiger partial charge in [0.25, 0.3) is 0 Å². The summed E-state index contributed by atoms with van der Waals surface area (Å²) in [6.07, 6.45) is 8.28. The largest absolute Gasteiger partial charge is 0.313 e. The van der Waals surface area contributed by atoms with Crippen molar-refractivity contribution in [3.8, 4) is 0 Å². The first-order chi connectivity index (χ1) is 8.77. The number of rotatable bonds is 6. The summed E-state index contributed by atoms with van der Waals surface area (Å²) in [4.78, 5) is 0. The van der Waals surface area contributed by atoms with E-state index >= 15 is 0 Å². The summed E-state index contributed by atoms with van der Waals surface area (Å²) in [5, 5.41) is 3.40. The van der Waals surface area contributed by atoms with Crippen LogP contribution in [0.4, 0.5) is 4.39 Å². The molecule has 1 saturated carbocycles. The van der Waals surface area contributed by atoms with E-state index in [2.05, 4.69) is 21.2 Å². The number of halogens is 2. The second kappa shape index (κ2) is 7.25. The Balaban J connectivity index is 1.64. The van der Waals surface area contributed by atoms with Gasteiger partial charge in [-0.3, -0.25) is 0 Å². The smallest absolute Gasteiger partial charge is 0.137 e. The molecule has 0 heterocycles. The molecule has 0 spiro atoms. The van der Waals surface area contributed by atoms with Crippen LogP contribution in [0.3, 0.4) is 0 Å². The molecule has 0 aromatic heterocycles. The summed E-state index contributed by atoms with van der Waals surface area (Å²) >= 11 is 3.29. The van der Waals surface area contributed by atoms with E-state index in [1.807, 2.05) is 6.07 Å². The van der Waals surface area contributed by atoms with Crippen LogP contribution in [0.2, 0.25) is 0 Å². The molecule has 1 aromatic carbocycles. The zero-order valence-electron chi connectivity index (χ0n) is 10.7. The summed E-state index contributed by atoms with van der Waals surface area (Å²) in [6.45, 7) is 1.77. The zero-order valence-corrected chi connectivity index (χ0v) is 12.3. The first-order valence-corrected chi connectivity index (χ1v) is 7.70. The fraction of sp³-hybridized carbons (Fsp3) is 0.600. The highest BCUT2D eigenvalue weighted by molar-refractivity contribution is 9.10. The maximum Gasteiger partial charge on any atom is 0.137 e. The first kappa shape index (κ1) is 14.0. The number of hydrogen-bond acceptors (Lipinski definition) is 1. The monoisotopic (exact) mass is 313 g/mol. The van der Waals surface area contributed by atoms with Crippen LogP contribution in [0.15, 0.2) is 22.7 Å². The summed E-state index contributed by atoms with van der Waals surface area (Å²) in [7, 11) is 0. The van der Waals surface area contributed by atoms with Gasteiger partial charge in [-0.15, -0.1) is 0 Å². The third-order valence-corrected chi connectivity index (χ3v) is 4.68. The van der Waals surface area contributed by atoms with Gasteiger partial charge in [0.1, 0.15) is 5.82 Å². The SMILES string of the molecule is Fc1cccc(CNCCCC2CCCC2)c1Br. The zero-order chi connectivity index (χ0) is 12.8. The number of benzene rings is 1. The molecule has 2 rings (SSSR count). The summed E-state index contributed by atoms with van der Waals surface area (Å²) in [5.41, 5.74) is 0.996. The Morgan fingerprint density at radius 3 is 2.83 bits per heavy atom. The van der Waals surface area contributed by atoms with Gasteiger partial charge in [-0.2, -0.15) is 0 Å². The van der Waals surface area contributed by atoms with Gasteiger partial charge in [0.05, 0.1) is 4.47 Å². The van der Waals surface area contributed by atoms with E-state index in [-0.39, 0.29) is 5.82 Å². The minimum atomic E-state index is -0.180. The van der Waals surface area contributed by atoms with Crippen LogP contribution in [-0.4, -0.2) is 6.54 Å². The molecule has 0 bridgehead atoms. The fourth-order valence-corrected chi connectivity index (χ4v) is 3.13. The second-order valence-electron chi connectivity index (χ2n) is 5.18. The Hall–Kier alpha value is -0.410. The molecule has 1 N–H and O–H groups in total. The Bertz CT molecular complexity index is 375. The standard InChI is InChI=1S/C15H21BrFN/c16-15-13(8-3-9-14(15)17)11-18-10-4-7-12-5-1-2-6-12/h3,8-9,12,18H,1-2,4-7,10-11H2. The fourth-order valence-electron chi connectivity index (χ4n) is 2.72. The molecule has 1 nitrogen and oxygen atoms in total. The van der Waals surface area contributed by atoms with Crippen LogP contribution in [0, 0.1) is 11.7 Å². The number of hydrogen-bond donors (Lipinski definition) is 1. The Morgan fingerprint density at radius 2 is 2.06 bits per heavy atom. The van der Waals surface area contributed by atoms with Crippen LogP contribution < -0.4 is 5.32 Å². The van der Waals surface area contributed by atoms with Crippen LogP contribution in [0.25, 0.3) is 0 Å². The van der Waals surface area contributed by atoms with Crippen molar-refractivity contribution in [1.29, 1.82) is 0 Å². The van der Waals surface area contributed by atoms with Gasteiger partial charge in [0.2, 0.25) is 0 Å². The quantitative estimate of drug-likeness (QED) is 0.754. The average Bonchev–Trinajstić information content (AvgIpc) is 2.87. The van der Waals surface area contributed by atoms with Crippen molar-refractivity contribution in [2.24, 2.45) is 5.92 Å². The molecule has 0 unspecified atom stereocenters. The van der Waals surface area contributed by atoms with Crippen molar-refractivity contribution in [2.75, 3.05) is 6.54 Å². The second-order valence-corrected chi connectivity index (χ2v) is 5.98. The van der Waals surface area contributed by atoms with Gasteiger partial charge < -0.3 is 5.32 Å². The Labute approximate surface area is 117 Å². The maximum absolute atomic E-state index is 13.3. The topological polar surface area (TPSA) is 12.0 Å². The molecule has 100 valence electrons. The van der Waals surface area contributed by atoms with E-state index in [0.29, 0.717) is 4.47 Å². The predicted octanol–water partition coefficient (Wildman–Crippen LogP) is 4.65. The molecule has 1 aliphatic carbocycles. The highest BCUT2D eigenvalue weighted by atomic mass is 79.9. The lowest BCUT2D eigenvalue weighted by Crippen LogP contribution is -2.16. The molecule has 3 heteroatoms. The van der Waals surface area contributed by atoms with Crippen LogP contribution in [0.5, 0.6) is 0 Å². The summed E-state index contributed by atoms with van der Waals surface area (Å²) < 4.78 is 13.9. The van der Waals surface area contributed by atoms with Gasteiger partial charge in [0.15, 0.2) is 0 Å². The van der Waals surface area contributed by atoms with E-state index < -0.39 is 0 Å². The van der Waals surface area contributed by atoms with E-state index in [1.165, 1.54) is 44.6 Å². The molecule has 1 aromatic rings. The molecular formula is C15H21BrFN. The highest BCUT2D eigenvalue weighted by Crippen LogP contribution is 2.28. The van der Waals surface area contributed by atoms with Crippen LogP contribution >= 0.6 is 15.9 Å². The molecule has 0 saturated heterocycles. The minimum absolute atomic E-state index is 0.180. The van der Waals surface area contributed by atoms with Gasteiger partial charge in [0, 0.05) is 6.54 Å². The third-order valence-electron chi connectivity index (χ3n) is 3.79. The van der Waals surface area contributed by atoms with E-state index in [1.54, 1.807) is 6.07 Å². The van der Waals surface area contributed by atoms with Crippen molar-refractivity contribution < 1.29 is 4.39 Å². The Kier molecular flexibility index (Phi) is 5.64. The van der Waals surface area contributed by atoms with Crippen molar-refractivity contribution in [3.05, 3.63) is 34.1 Å². The van der Waals surface area contributed by atoms with Gasteiger partial charge >= 0.3 is 0 Å². The van der Waals surface area contributed by atoms with Crippen molar-refractivity contribution >= 4 is 15.9 Å².